The highest BCUT2D eigenvalue weighted by molar-refractivity contribution is 6.34. The Bertz CT molecular complexity index is 892. The number of fused-ring (bicyclic) bond motifs is 2. The van der Waals surface area contributed by atoms with Crippen LogP contribution in [0.15, 0.2) is 48.5 Å². The maximum Gasteiger partial charge on any atom is 0.342 e. The van der Waals surface area contributed by atoms with Crippen molar-refractivity contribution in [3.8, 4) is 5.75 Å². The summed E-state index contributed by atoms with van der Waals surface area (Å²) >= 11 is 6.15. The summed E-state index contributed by atoms with van der Waals surface area (Å²) < 4.78 is 20.5. The third kappa shape index (κ3) is 2.22. The zero-order valence-corrected chi connectivity index (χ0v) is 14.8. The molecule has 2 atom stereocenters. The molecule has 0 unspecified atom stereocenters. The number of amidine groups is 1. The highest BCUT2D eigenvalue weighted by Gasteiger charge is 2.59. The number of benzene rings is 2. The second kappa shape index (κ2) is 5.99. The average Bonchev–Trinajstić information content (AvgIpc) is 2.84. The Morgan fingerprint density at radius 1 is 1.27 bits per heavy atom. The van der Waals surface area contributed by atoms with E-state index in [1.54, 1.807) is 4.90 Å². The van der Waals surface area contributed by atoms with E-state index in [4.69, 9.17) is 21.9 Å². The fourth-order valence-electron chi connectivity index (χ4n) is 3.90. The molecule has 2 amide bonds. The van der Waals surface area contributed by atoms with Gasteiger partial charge in [0.05, 0.1) is 12.6 Å². The van der Waals surface area contributed by atoms with Crippen LogP contribution in [0.1, 0.15) is 30.5 Å². The first-order valence-corrected chi connectivity index (χ1v) is 8.66. The highest BCUT2D eigenvalue weighted by atomic mass is 35.5. The van der Waals surface area contributed by atoms with E-state index in [9.17, 15) is 9.18 Å². The quantitative estimate of drug-likeness (QED) is 0.791. The third-order valence-electron chi connectivity index (χ3n) is 5.15. The van der Waals surface area contributed by atoms with Crippen molar-refractivity contribution >= 4 is 23.6 Å². The van der Waals surface area contributed by atoms with Gasteiger partial charge in [0, 0.05) is 23.8 Å². The molecule has 4 rings (SSSR count). The summed E-state index contributed by atoms with van der Waals surface area (Å²) in [6.45, 7) is 2.18. The molecule has 2 aliphatic heterocycles. The fraction of sp³-hybridized carbons (Fsp3) is 0.263. The molecule has 0 radical (unpaired) electrons. The average molecular weight is 374 g/mol. The van der Waals surface area contributed by atoms with E-state index >= 15 is 0 Å². The molecule has 0 aliphatic carbocycles. The predicted octanol–water partition coefficient (Wildman–Crippen LogP) is 4.43. The number of hydrogen-bond donors (Lipinski definition) is 1. The predicted molar refractivity (Wildman–Crippen MR) is 95.7 cm³/mol. The van der Waals surface area contributed by atoms with E-state index in [1.165, 1.54) is 18.2 Å². The van der Waals surface area contributed by atoms with Crippen LogP contribution in [-0.2, 0) is 5.54 Å². The molecule has 1 N–H and O–H groups in total. The monoisotopic (exact) mass is 373 g/mol. The summed E-state index contributed by atoms with van der Waals surface area (Å²) in [4.78, 5) is 14.5. The molecule has 134 valence electrons. The lowest BCUT2D eigenvalue weighted by Gasteiger charge is -2.43. The molecule has 2 aliphatic rings. The summed E-state index contributed by atoms with van der Waals surface area (Å²) in [6.07, 6.45) is 0.328. The Labute approximate surface area is 155 Å². The molecule has 1 fully saturated rings. The molecule has 5 nitrogen and oxygen atoms in total. The van der Waals surface area contributed by atoms with E-state index < -0.39 is 17.4 Å². The molecule has 26 heavy (non-hydrogen) atoms. The van der Waals surface area contributed by atoms with Crippen molar-refractivity contribution in [3.63, 3.8) is 0 Å². The van der Waals surface area contributed by atoms with Crippen LogP contribution in [0.2, 0.25) is 0 Å². The van der Waals surface area contributed by atoms with Gasteiger partial charge in [0.15, 0.2) is 5.84 Å². The van der Waals surface area contributed by atoms with Crippen molar-refractivity contribution in [1.29, 1.82) is 5.41 Å². The van der Waals surface area contributed by atoms with Crippen molar-refractivity contribution in [1.82, 2.24) is 9.32 Å². The van der Waals surface area contributed by atoms with Gasteiger partial charge in [-0.1, -0.05) is 30.3 Å². The van der Waals surface area contributed by atoms with Gasteiger partial charge in [0.1, 0.15) is 17.1 Å². The zero-order chi connectivity index (χ0) is 18.5. The molecular weight excluding hydrogens is 357 g/mol. The highest BCUT2D eigenvalue weighted by Crippen LogP contribution is 2.50. The molecule has 1 spiro atoms. The number of carbonyl (C=O) groups excluding carboxylic acids is 1. The summed E-state index contributed by atoms with van der Waals surface area (Å²) in [5.41, 5.74) is 0.196. The standard InChI is InChI=1S/C19H17ClFN3O2/c1-12(13-5-3-2-4-6-13)23-18(25)24(20)17(22)19(23)9-10-26-16-8-7-14(21)11-15(16)19/h2-8,11-12,22H,9-10H2,1H3/t12-,19-/m0/s1. The lowest BCUT2D eigenvalue weighted by atomic mass is 9.81. The van der Waals surface area contributed by atoms with Gasteiger partial charge in [-0.15, -0.1) is 0 Å². The van der Waals surface area contributed by atoms with Gasteiger partial charge in [0.2, 0.25) is 0 Å². The van der Waals surface area contributed by atoms with Gasteiger partial charge in [-0.25, -0.2) is 9.18 Å². The number of urea groups is 1. The van der Waals surface area contributed by atoms with Gasteiger partial charge in [-0.3, -0.25) is 10.3 Å². The topological polar surface area (TPSA) is 56.6 Å². The number of amides is 2. The van der Waals surface area contributed by atoms with Gasteiger partial charge in [-0.2, -0.15) is 4.42 Å². The zero-order valence-electron chi connectivity index (χ0n) is 14.1. The second-order valence-corrected chi connectivity index (χ2v) is 6.81. The second-order valence-electron chi connectivity index (χ2n) is 6.47. The molecule has 2 aromatic rings. The van der Waals surface area contributed by atoms with Crippen molar-refractivity contribution in [3.05, 3.63) is 65.5 Å². The molecule has 2 aromatic carbocycles. The number of ether oxygens (including phenoxy) is 1. The molecule has 0 aromatic heterocycles. The molecule has 7 heteroatoms. The lowest BCUT2D eigenvalue weighted by molar-refractivity contribution is 0.104. The van der Waals surface area contributed by atoms with Crippen molar-refractivity contribution < 1.29 is 13.9 Å². The molecule has 0 saturated carbocycles. The van der Waals surface area contributed by atoms with E-state index in [2.05, 4.69) is 0 Å². The maximum atomic E-state index is 14.0. The van der Waals surface area contributed by atoms with Crippen molar-refractivity contribution in [2.45, 2.75) is 24.9 Å². The molecule has 1 saturated heterocycles. The first-order chi connectivity index (χ1) is 12.5. The number of carbonyl (C=O) groups is 1. The third-order valence-corrected chi connectivity index (χ3v) is 5.46. The van der Waals surface area contributed by atoms with E-state index in [1.807, 2.05) is 37.3 Å². The Morgan fingerprint density at radius 2 is 2.00 bits per heavy atom. The Kier molecular flexibility index (Phi) is 3.88. The number of rotatable bonds is 2. The minimum absolute atomic E-state index is 0.0814. The fourth-order valence-corrected chi connectivity index (χ4v) is 4.12. The first-order valence-electron chi connectivity index (χ1n) is 8.33. The maximum absolute atomic E-state index is 14.0. The Morgan fingerprint density at radius 3 is 2.73 bits per heavy atom. The van der Waals surface area contributed by atoms with Crippen LogP contribution in [0, 0.1) is 11.2 Å². The summed E-state index contributed by atoms with van der Waals surface area (Å²) in [5, 5.41) is 8.57. The summed E-state index contributed by atoms with van der Waals surface area (Å²) in [7, 11) is 0. The minimum atomic E-state index is -1.16. The minimum Gasteiger partial charge on any atom is -0.493 e. The van der Waals surface area contributed by atoms with Crippen molar-refractivity contribution in [2.75, 3.05) is 6.61 Å². The van der Waals surface area contributed by atoms with Crippen LogP contribution < -0.4 is 4.74 Å². The molecule has 0 bridgehead atoms. The van der Waals surface area contributed by atoms with E-state index in [-0.39, 0.29) is 11.9 Å². The Hall–Kier alpha value is -2.60. The summed E-state index contributed by atoms with van der Waals surface area (Å²) in [5.74, 6) is -0.0660. The van der Waals surface area contributed by atoms with Crippen molar-refractivity contribution in [2.24, 2.45) is 0 Å². The molecular formula is C19H17ClFN3O2. The first kappa shape index (κ1) is 16.8. The van der Waals surface area contributed by atoms with Crippen LogP contribution in [0.3, 0.4) is 0 Å². The number of nitrogens with zero attached hydrogens (tertiary/aromatic N) is 2. The van der Waals surface area contributed by atoms with Crippen LogP contribution in [0.5, 0.6) is 5.75 Å². The van der Waals surface area contributed by atoms with Crippen LogP contribution >= 0.6 is 11.8 Å². The molecule has 2 heterocycles. The van der Waals surface area contributed by atoms with Gasteiger partial charge < -0.3 is 4.74 Å². The number of nitrogens with one attached hydrogen (secondary N) is 1. The lowest BCUT2D eigenvalue weighted by Crippen LogP contribution is -2.50. The van der Waals surface area contributed by atoms with Crippen LogP contribution in [0.4, 0.5) is 9.18 Å². The van der Waals surface area contributed by atoms with E-state index in [0.29, 0.717) is 24.3 Å². The van der Waals surface area contributed by atoms with Crippen LogP contribution in [-0.4, -0.2) is 27.8 Å². The van der Waals surface area contributed by atoms with Gasteiger partial charge in [0.25, 0.3) is 0 Å². The smallest absolute Gasteiger partial charge is 0.342 e. The summed E-state index contributed by atoms with van der Waals surface area (Å²) in [6, 6.07) is 12.8. The Balaban J connectivity index is 1.92. The van der Waals surface area contributed by atoms with Gasteiger partial charge >= 0.3 is 6.03 Å². The number of halogens is 2. The normalized spacial score (nSPS) is 23.2. The largest absolute Gasteiger partial charge is 0.493 e. The van der Waals surface area contributed by atoms with Gasteiger partial charge in [-0.05, 0) is 30.7 Å². The number of hydrogen-bond acceptors (Lipinski definition) is 3. The van der Waals surface area contributed by atoms with Crippen LogP contribution in [0.25, 0.3) is 0 Å². The SMILES string of the molecule is C[C@@H](c1ccccc1)N1C(=O)N(Cl)C(=N)[C@@]12CCOc1ccc(F)cc12. The van der Waals surface area contributed by atoms with E-state index in [0.717, 1.165) is 9.98 Å².